The zero-order valence-electron chi connectivity index (χ0n) is 39.9. The van der Waals surface area contributed by atoms with E-state index in [1.165, 1.54) is 77.9 Å². The van der Waals surface area contributed by atoms with Gasteiger partial charge in [0.15, 0.2) is 0 Å². The van der Waals surface area contributed by atoms with Crippen LogP contribution in [0.3, 0.4) is 0 Å². The zero-order valence-corrected chi connectivity index (χ0v) is 39.9. The van der Waals surface area contributed by atoms with E-state index in [1.54, 1.807) is 0 Å². The van der Waals surface area contributed by atoms with Crippen molar-refractivity contribution in [2.24, 2.45) is 0 Å². The van der Waals surface area contributed by atoms with Crippen molar-refractivity contribution < 1.29 is 0 Å². The van der Waals surface area contributed by atoms with Gasteiger partial charge in [-0.05, 0) is 182 Å². The molecule has 10 aromatic rings. The summed E-state index contributed by atoms with van der Waals surface area (Å²) in [5.74, 6) is 0. The first-order valence-corrected chi connectivity index (χ1v) is 24.5. The highest BCUT2D eigenvalue weighted by Gasteiger charge is 2.35. The first kappa shape index (κ1) is 43.4. The maximum atomic E-state index is 2.40. The topological polar surface area (TPSA) is 6.48 Å². The Morgan fingerprint density at radius 3 is 1.19 bits per heavy atom. The summed E-state index contributed by atoms with van der Waals surface area (Å²) in [6.07, 6.45) is 1.95. The molecule has 0 fully saturated rings. The molecule has 0 radical (unpaired) electrons. The maximum absolute atomic E-state index is 2.40. The molecule has 1 aliphatic rings. The van der Waals surface area contributed by atoms with Gasteiger partial charge in [-0.25, -0.2) is 0 Å². The molecule has 10 aromatic carbocycles. The molecule has 0 atom stereocenters. The third-order valence-electron chi connectivity index (χ3n) is 14.2. The summed E-state index contributed by atoms with van der Waals surface area (Å²) >= 11 is 0. The van der Waals surface area contributed by atoms with E-state index in [0.717, 1.165) is 47.0 Å². The Morgan fingerprint density at radius 1 is 0.275 bits per heavy atom. The van der Waals surface area contributed by atoms with Crippen LogP contribution in [0, 0.1) is 0 Å². The van der Waals surface area contributed by atoms with Crippen LogP contribution in [-0.4, -0.2) is 0 Å². The van der Waals surface area contributed by atoms with Crippen LogP contribution in [0.15, 0.2) is 243 Å². The van der Waals surface area contributed by atoms with E-state index in [9.17, 15) is 0 Å². The first-order valence-electron chi connectivity index (χ1n) is 24.5. The highest BCUT2D eigenvalue weighted by atomic mass is 15.1. The van der Waals surface area contributed by atoms with Gasteiger partial charge in [0, 0.05) is 39.5 Å². The first-order chi connectivity index (χ1) is 33.9. The summed E-state index contributed by atoms with van der Waals surface area (Å²) in [4.78, 5) is 4.77. The van der Waals surface area contributed by atoms with E-state index in [4.69, 9.17) is 0 Å². The van der Waals surface area contributed by atoms with Gasteiger partial charge in [0.1, 0.15) is 0 Å². The van der Waals surface area contributed by atoms with Crippen LogP contribution in [0.1, 0.15) is 49.9 Å². The second kappa shape index (κ2) is 18.5. The average molecular weight is 889 g/mol. The fourth-order valence-corrected chi connectivity index (χ4v) is 10.6. The molecule has 0 aromatic heterocycles. The average Bonchev–Trinajstić information content (AvgIpc) is 3.64. The van der Waals surface area contributed by atoms with Crippen molar-refractivity contribution in [2.45, 2.75) is 46.0 Å². The van der Waals surface area contributed by atoms with Gasteiger partial charge in [0.25, 0.3) is 0 Å². The molecule has 0 N–H and O–H groups in total. The number of hydrogen-bond acceptors (Lipinski definition) is 2. The van der Waals surface area contributed by atoms with Crippen molar-refractivity contribution in [2.75, 3.05) is 9.80 Å². The molecule has 69 heavy (non-hydrogen) atoms. The molecular weight excluding hydrogens is 833 g/mol. The number of fused-ring (bicyclic) bond motifs is 3. The molecule has 0 saturated carbocycles. The standard InChI is InChI=1S/C67H56N2/c1-5-47-20-16-17-27-61(47)62-40-38-59(45-48(62)6-2)68(55-23-12-8-13-24-55)57-34-30-50(31-35-57)53-42-52(49-21-10-7-11-22-49)43-54(44-53)51-32-36-58(37-33-51)69(56-25-14-9-15-26-56)60-39-41-64-63-28-18-19-29-65(63)67(3,4)66(64)46-60/h7-46H,5-6H2,1-4H3. The van der Waals surface area contributed by atoms with Crippen molar-refractivity contribution >= 4 is 34.1 Å². The number of anilines is 6. The number of aryl methyl sites for hydroxylation is 2. The van der Waals surface area contributed by atoms with Crippen LogP contribution in [0.25, 0.3) is 55.6 Å². The smallest absolute Gasteiger partial charge is 0.0465 e. The van der Waals surface area contributed by atoms with Gasteiger partial charge >= 0.3 is 0 Å². The lowest BCUT2D eigenvalue weighted by molar-refractivity contribution is 0.660. The fourth-order valence-electron chi connectivity index (χ4n) is 10.6. The summed E-state index contributed by atoms with van der Waals surface area (Å²) in [6, 6.07) is 89.1. The van der Waals surface area contributed by atoms with Gasteiger partial charge in [-0.15, -0.1) is 0 Å². The highest BCUT2D eigenvalue weighted by Crippen LogP contribution is 2.51. The van der Waals surface area contributed by atoms with E-state index in [2.05, 4.69) is 280 Å². The Kier molecular flexibility index (Phi) is 11.6. The number of para-hydroxylation sites is 2. The summed E-state index contributed by atoms with van der Waals surface area (Å²) in [5, 5.41) is 0. The van der Waals surface area contributed by atoms with Gasteiger partial charge in [0.2, 0.25) is 0 Å². The molecule has 1 aliphatic carbocycles. The predicted octanol–water partition coefficient (Wildman–Crippen LogP) is 18.7. The molecule has 334 valence electrons. The lowest BCUT2D eigenvalue weighted by Crippen LogP contribution is -2.16. The molecular formula is C67H56N2. The van der Waals surface area contributed by atoms with Gasteiger partial charge < -0.3 is 9.80 Å². The van der Waals surface area contributed by atoms with Gasteiger partial charge in [-0.3, -0.25) is 0 Å². The van der Waals surface area contributed by atoms with Crippen molar-refractivity contribution in [1.29, 1.82) is 0 Å². The molecule has 2 heteroatoms. The third kappa shape index (κ3) is 8.23. The molecule has 0 bridgehead atoms. The SMILES string of the molecule is CCc1ccccc1-c1ccc(N(c2ccccc2)c2ccc(-c3cc(-c4ccccc4)cc(-c4ccc(N(c5ccccc5)c5ccc6c(c5)C(C)(C)c5ccccc5-6)cc4)c3)cc2)cc1CC. The van der Waals surface area contributed by atoms with Crippen molar-refractivity contribution in [1.82, 2.24) is 0 Å². The minimum atomic E-state index is -0.0932. The summed E-state index contributed by atoms with van der Waals surface area (Å²) < 4.78 is 0. The highest BCUT2D eigenvalue weighted by molar-refractivity contribution is 5.88. The molecule has 0 amide bonds. The van der Waals surface area contributed by atoms with Crippen LogP contribution < -0.4 is 9.80 Å². The zero-order chi connectivity index (χ0) is 46.9. The van der Waals surface area contributed by atoms with Crippen molar-refractivity contribution in [3.05, 3.63) is 265 Å². The molecule has 11 rings (SSSR count). The van der Waals surface area contributed by atoms with Crippen LogP contribution in [0.2, 0.25) is 0 Å². The summed E-state index contributed by atoms with van der Waals surface area (Å²) in [6.45, 7) is 9.21. The molecule has 0 aliphatic heterocycles. The van der Waals surface area contributed by atoms with E-state index in [1.807, 2.05) is 0 Å². The normalized spacial score (nSPS) is 12.3. The molecule has 0 spiro atoms. The lowest BCUT2D eigenvalue weighted by atomic mass is 9.82. The molecule has 2 nitrogen and oxygen atoms in total. The Labute approximate surface area is 408 Å². The van der Waals surface area contributed by atoms with Crippen molar-refractivity contribution in [3.63, 3.8) is 0 Å². The lowest BCUT2D eigenvalue weighted by Gasteiger charge is -2.28. The Morgan fingerprint density at radius 2 is 0.652 bits per heavy atom. The van der Waals surface area contributed by atoms with E-state index in [0.29, 0.717) is 0 Å². The van der Waals surface area contributed by atoms with Crippen molar-refractivity contribution in [3.8, 4) is 55.6 Å². The number of rotatable bonds is 12. The van der Waals surface area contributed by atoms with E-state index in [-0.39, 0.29) is 5.41 Å². The second-order valence-corrected chi connectivity index (χ2v) is 18.7. The van der Waals surface area contributed by atoms with Gasteiger partial charge in [0.05, 0.1) is 0 Å². The summed E-state index contributed by atoms with van der Waals surface area (Å²) in [7, 11) is 0. The maximum Gasteiger partial charge on any atom is 0.0465 e. The Balaban J connectivity index is 0.955. The van der Waals surface area contributed by atoms with E-state index < -0.39 is 0 Å². The Hall–Kier alpha value is -8.20. The monoisotopic (exact) mass is 888 g/mol. The molecule has 0 saturated heterocycles. The van der Waals surface area contributed by atoms with Crippen LogP contribution in [-0.2, 0) is 18.3 Å². The number of hydrogen-bond donors (Lipinski definition) is 0. The minimum Gasteiger partial charge on any atom is -0.310 e. The largest absolute Gasteiger partial charge is 0.310 e. The Bertz CT molecular complexity index is 3410. The predicted molar refractivity (Wildman–Crippen MR) is 294 cm³/mol. The third-order valence-corrected chi connectivity index (χ3v) is 14.2. The number of nitrogens with zero attached hydrogens (tertiary/aromatic N) is 2. The van der Waals surface area contributed by atoms with Gasteiger partial charge in [-0.1, -0.05) is 179 Å². The second-order valence-electron chi connectivity index (χ2n) is 18.7. The minimum absolute atomic E-state index is 0.0932. The van der Waals surface area contributed by atoms with E-state index >= 15 is 0 Å². The van der Waals surface area contributed by atoms with Crippen LogP contribution in [0.4, 0.5) is 34.1 Å². The van der Waals surface area contributed by atoms with Gasteiger partial charge in [-0.2, -0.15) is 0 Å². The quantitative estimate of drug-likeness (QED) is 0.121. The summed E-state index contributed by atoms with van der Waals surface area (Å²) in [5.41, 5.74) is 24.5. The molecule has 0 heterocycles. The number of benzene rings is 10. The van der Waals surface area contributed by atoms with Crippen LogP contribution in [0.5, 0.6) is 0 Å². The van der Waals surface area contributed by atoms with Crippen LogP contribution >= 0.6 is 0 Å². The molecule has 0 unspecified atom stereocenters. The fraction of sp³-hybridized carbons (Fsp3) is 0.104.